The van der Waals surface area contributed by atoms with Crippen molar-refractivity contribution in [3.63, 3.8) is 0 Å². The van der Waals surface area contributed by atoms with E-state index in [1.54, 1.807) is 4.90 Å². The Kier molecular flexibility index (Phi) is 8.30. The van der Waals surface area contributed by atoms with Gasteiger partial charge in [0.1, 0.15) is 29.5 Å². The standard InChI is InChI=1S/C22H23N7O4.C4H8/c1-33-18-4-6-28(21(18)31)11-14-7-13-3-2-5-29(20(13)26-17(14)12-30)22(32)27-19-8-16(24)15(9-23)10-25-19;1-2-4-3-1/h7-8,10,12,18H,2-6,11H2,1H3,(H3,24,25,27,32);1-4H2. The van der Waals surface area contributed by atoms with Gasteiger partial charge >= 0.3 is 6.03 Å². The number of aryl methyl sites for hydroxylation is 1. The highest BCUT2D eigenvalue weighted by atomic mass is 16.5. The highest BCUT2D eigenvalue weighted by Crippen LogP contribution is 2.29. The molecule has 2 fully saturated rings. The third-order valence-electron chi connectivity index (χ3n) is 6.82. The molecular formula is C26H31N7O4. The van der Waals surface area contributed by atoms with Crippen LogP contribution in [0.4, 0.5) is 22.1 Å². The molecule has 37 heavy (non-hydrogen) atoms. The van der Waals surface area contributed by atoms with Crippen molar-refractivity contribution in [3.05, 3.63) is 40.7 Å². The maximum Gasteiger partial charge on any atom is 0.328 e. The van der Waals surface area contributed by atoms with Gasteiger partial charge < -0.3 is 15.4 Å². The number of fused-ring (bicyclic) bond motifs is 1. The molecule has 0 radical (unpaired) electrons. The second-order valence-electron chi connectivity index (χ2n) is 9.27. The number of hydrogen-bond donors (Lipinski definition) is 2. The lowest BCUT2D eigenvalue weighted by Gasteiger charge is -2.29. The third-order valence-corrected chi connectivity index (χ3v) is 6.82. The van der Waals surface area contributed by atoms with Crippen LogP contribution < -0.4 is 16.0 Å². The minimum atomic E-state index is -0.470. The molecule has 1 atom stereocenters. The summed E-state index contributed by atoms with van der Waals surface area (Å²) >= 11 is 0. The lowest BCUT2D eigenvalue weighted by molar-refractivity contribution is -0.136. The maximum atomic E-state index is 12.9. The number of nitrogens with zero attached hydrogens (tertiary/aromatic N) is 5. The van der Waals surface area contributed by atoms with Crippen molar-refractivity contribution in [2.45, 2.75) is 57.6 Å². The topological polar surface area (TPSA) is 155 Å². The van der Waals surface area contributed by atoms with E-state index >= 15 is 0 Å². The number of aldehydes is 1. The van der Waals surface area contributed by atoms with E-state index in [0.717, 1.165) is 5.56 Å². The molecule has 2 aromatic rings. The first-order valence-corrected chi connectivity index (χ1v) is 12.5. The van der Waals surface area contributed by atoms with Crippen LogP contribution in [0.5, 0.6) is 0 Å². The summed E-state index contributed by atoms with van der Waals surface area (Å²) in [6.45, 7) is 1.21. The van der Waals surface area contributed by atoms with Crippen LogP contribution in [0.2, 0.25) is 0 Å². The van der Waals surface area contributed by atoms with E-state index in [1.807, 2.05) is 12.1 Å². The second kappa shape index (κ2) is 11.8. The van der Waals surface area contributed by atoms with Gasteiger partial charge in [-0.15, -0.1) is 0 Å². The van der Waals surface area contributed by atoms with E-state index in [2.05, 4.69) is 15.3 Å². The van der Waals surface area contributed by atoms with E-state index in [9.17, 15) is 14.4 Å². The van der Waals surface area contributed by atoms with Gasteiger partial charge in [-0.3, -0.25) is 19.8 Å². The Morgan fingerprint density at radius 2 is 2.03 bits per heavy atom. The van der Waals surface area contributed by atoms with Crippen LogP contribution in [-0.4, -0.2) is 59.4 Å². The lowest BCUT2D eigenvalue weighted by atomic mass is 10.0. The highest BCUT2D eigenvalue weighted by molar-refractivity contribution is 6.01. The summed E-state index contributed by atoms with van der Waals surface area (Å²) in [4.78, 5) is 48.8. The normalized spacial score (nSPS) is 18.2. The number of likely N-dealkylation sites (tertiary alicyclic amines) is 1. The lowest BCUT2D eigenvalue weighted by Crippen LogP contribution is -2.40. The van der Waals surface area contributed by atoms with Gasteiger partial charge in [-0.2, -0.15) is 5.26 Å². The number of urea groups is 1. The van der Waals surface area contributed by atoms with E-state index < -0.39 is 12.1 Å². The van der Waals surface area contributed by atoms with Gasteiger partial charge in [0, 0.05) is 51.0 Å². The SMILES string of the molecule is C1CCC1.COC1CCN(Cc2cc3c(nc2C=O)N(C(=O)Nc2cc(N)c(C#N)cn2)CCC3)C1=O. The smallest absolute Gasteiger partial charge is 0.328 e. The number of rotatable bonds is 5. The Bertz CT molecular complexity index is 1220. The monoisotopic (exact) mass is 505 g/mol. The highest BCUT2D eigenvalue weighted by Gasteiger charge is 2.33. The van der Waals surface area contributed by atoms with E-state index in [4.69, 9.17) is 15.7 Å². The molecular weight excluding hydrogens is 474 g/mol. The fourth-order valence-corrected chi connectivity index (χ4v) is 4.34. The summed E-state index contributed by atoms with van der Waals surface area (Å²) in [5.74, 6) is 0.493. The van der Waals surface area contributed by atoms with Gasteiger partial charge in [-0.25, -0.2) is 14.8 Å². The molecule has 1 aliphatic carbocycles. The number of nitrogen functional groups attached to an aromatic ring is 1. The van der Waals surface area contributed by atoms with Crippen molar-refractivity contribution < 1.29 is 19.1 Å². The van der Waals surface area contributed by atoms with Crippen molar-refractivity contribution in [2.24, 2.45) is 0 Å². The Labute approximate surface area is 215 Å². The quantitative estimate of drug-likeness (QED) is 0.588. The summed E-state index contributed by atoms with van der Waals surface area (Å²) < 4.78 is 5.19. The van der Waals surface area contributed by atoms with Crippen LogP contribution in [0.1, 0.15) is 65.7 Å². The number of hydrogen-bond acceptors (Lipinski definition) is 8. The van der Waals surface area contributed by atoms with Crippen LogP contribution in [0.3, 0.4) is 0 Å². The number of methoxy groups -OCH3 is 1. The minimum absolute atomic E-state index is 0.109. The number of carbonyl (C=O) groups is 3. The number of anilines is 3. The first-order valence-electron chi connectivity index (χ1n) is 12.5. The predicted molar refractivity (Wildman–Crippen MR) is 137 cm³/mol. The molecule has 0 spiro atoms. The minimum Gasteiger partial charge on any atom is -0.398 e. The van der Waals surface area contributed by atoms with Crippen LogP contribution in [0.25, 0.3) is 0 Å². The molecule has 1 unspecified atom stereocenters. The molecule has 4 heterocycles. The van der Waals surface area contributed by atoms with Crippen LogP contribution in [0.15, 0.2) is 18.3 Å². The molecule has 2 aliphatic heterocycles. The Morgan fingerprint density at radius 3 is 2.62 bits per heavy atom. The van der Waals surface area contributed by atoms with Crippen molar-refractivity contribution in [1.29, 1.82) is 5.26 Å². The molecule has 11 heteroatoms. The van der Waals surface area contributed by atoms with Crippen LogP contribution in [0, 0.1) is 11.3 Å². The summed E-state index contributed by atoms with van der Waals surface area (Å²) in [6.07, 6.45) is 9.47. The molecule has 0 bridgehead atoms. The molecule has 0 aromatic carbocycles. The first-order chi connectivity index (χ1) is 17.9. The second-order valence-corrected chi connectivity index (χ2v) is 9.27. The fraction of sp³-hybridized carbons (Fsp3) is 0.462. The Morgan fingerprint density at radius 1 is 1.27 bits per heavy atom. The van der Waals surface area contributed by atoms with Gasteiger partial charge in [-0.1, -0.05) is 25.7 Å². The number of ether oxygens (including phenoxy) is 1. The molecule has 3 N–H and O–H groups in total. The van der Waals surface area contributed by atoms with Crippen molar-refractivity contribution >= 4 is 35.5 Å². The number of amides is 3. The molecule has 1 saturated heterocycles. The van der Waals surface area contributed by atoms with E-state index in [0.29, 0.717) is 50.0 Å². The summed E-state index contributed by atoms with van der Waals surface area (Å²) in [5, 5.41) is 11.6. The number of carbonyl (C=O) groups excluding carboxylic acids is 3. The van der Waals surface area contributed by atoms with Crippen molar-refractivity contribution in [3.8, 4) is 6.07 Å². The molecule has 3 aliphatic rings. The zero-order chi connectivity index (χ0) is 26.4. The maximum absolute atomic E-state index is 12.9. The van der Waals surface area contributed by atoms with Gasteiger partial charge in [0.2, 0.25) is 0 Å². The van der Waals surface area contributed by atoms with Crippen LogP contribution >= 0.6 is 0 Å². The Hall–Kier alpha value is -4.04. The van der Waals surface area contributed by atoms with Crippen LogP contribution in [-0.2, 0) is 22.5 Å². The number of nitriles is 1. The zero-order valence-corrected chi connectivity index (χ0v) is 20.9. The zero-order valence-electron chi connectivity index (χ0n) is 20.9. The number of nitrogens with two attached hydrogens (primary N) is 1. The average molecular weight is 506 g/mol. The molecule has 5 rings (SSSR count). The van der Waals surface area contributed by atoms with Crippen molar-refractivity contribution in [2.75, 3.05) is 36.1 Å². The molecule has 3 amide bonds. The van der Waals surface area contributed by atoms with Crippen molar-refractivity contribution in [1.82, 2.24) is 14.9 Å². The Balaban J connectivity index is 0.000000730. The summed E-state index contributed by atoms with van der Waals surface area (Å²) in [5.41, 5.74) is 7.86. The van der Waals surface area contributed by atoms with Gasteiger partial charge in [0.15, 0.2) is 6.29 Å². The molecule has 194 valence electrons. The summed E-state index contributed by atoms with van der Waals surface area (Å²) in [6, 6.07) is 4.70. The van der Waals surface area contributed by atoms with Gasteiger partial charge in [0.25, 0.3) is 5.91 Å². The molecule has 2 aromatic heterocycles. The first kappa shape index (κ1) is 26.0. The largest absolute Gasteiger partial charge is 0.398 e. The number of pyridine rings is 2. The van der Waals surface area contributed by atoms with E-state index in [-0.39, 0.29) is 35.2 Å². The number of nitrogens with one attached hydrogen (secondary N) is 1. The summed E-state index contributed by atoms with van der Waals surface area (Å²) in [7, 11) is 1.50. The average Bonchev–Trinajstić information content (AvgIpc) is 3.21. The number of aromatic nitrogens is 2. The third kappa shape index (κ3) is 5.86. The fourth-order valence-electron chi connectivity index (χ4n) is 4.34. The molecule has 11 nitrogen and oxygen atoms in total. The molecule has 1 saturated carbocycles. The van der Waals surface area contributed by atoms with Gasteiger partial charge in [-0.05, 0) is 24.5 Å². The van der Waals surface area contributed by atoms with Gasteiger partial charge in [0.05, 0.1) is 11.3 Å². The van der Waals surface area contributed by atoms with E-state index in [1.165, 1.54) is 50.0 Å². The predicted octanol–water partition coefficient (Wildman–Crippen LogP) is 3.04.